The molecule has 1 aromatic heterocycles. The molecular weight excluding hydrogens is 297 g/mol. The first kappa shape index (κ1) is 13.1. The summed E-state index contributed by atoms with van der Waals surface area (Å²) >= 11 is 3.25. The van der Waals surface area contributed by atoms with Crippen LogP contribution in [0.1, 0.15) is 25.5 Å². The number of anilines is 1. The van der Waals surface area contributed by atoms with Crippen molar-refractivity contribution < 1.29 is 4.39 Å². The van der Waals surface area contributed by atoms with Gasteiger partial charge < -0.3 is 5.32 Å². The van der Waals surface area contributed by atoms with Crippen molar-refractivity contribution in [2.24, 2.45) is 0 Å². The first-order valence-corrected chi connectivity index (χ1v) is 6.63. The van der Waals surface area contributed by atoms with Crippen LogP contribution in [0, 0.1) is 5.82 Å². The van der Waals surface area contributed by atoms with Gasteiger partial charge >= 0.3 is 0 Å². The first-order valence-electron chi connectivity index (χ1n) is 5.84. The minimum absolute atomic E-state index is 0.104. The van der Waals surface area contributed by atoms with Crippen LogP contribution in [0.2, 0.25) is 0 Å². The Kier molecular flexibility index (Phi) is 4.01. The van der Waals surface area contributed by atoms with E-state index in [4.69, 9.17) is 0 Å². The Bertz CT molecular complexity index is 539. The Labute approximate surface area is 114 Å². The van der Waals surface area contributed by atoms with E-state index >= 15 is 0 Å². The van der Waals surface area contributed by atoms with Gasteiger partial charge in [-0.3, -0.25) is 4.68 Å². The Morgan fingerprint density at radius 3 is 2.89 bits per heavy atom. The van der Waals surface area contributed by atoms with Crippen LogP contribution in [0.3, 0.4) is 0 Å². The molecule has 0 bridgehead atoms. The maximum Gasteiger partial charge on any atom is 0.129 e. The van der Waals surface area contributed by atoms with Gasteiger partial charge in [0.05, 0.1) is 17.9 Å². The van der Waals surface area contributed by atoms with Crippen molar-refractivity contribution in [2.45, 2.75) is 26.4 Å². The molecule has 0 spiro atoms. The lowest BCUT2D eigenvalue weighted by molar-refractivity contribution is 0.599. The third-order valence-corrected chi connectivity index (χ3v) is 3.26. The molecule has 1 N–H and O–H groups in total. The first-order chi connectivity index (χ1) is 8.60. The molecule has 18 heavy (non-hydrogen) atoms. The average Bonchev–Trinajstić information content (AvgIpc) is 2.76. The van der Waals surface area contributed by atoms with Crippen LogP contribution in [-0.2, 0) is 6.54 Å². The van der Waals surface area contributed by atoms with Crippen molar-refractivity contribution in [2.75, 3.05) is 5.32 Å². The van der Waals surface area contributed by atoms with Crippen molar-refractivity contribution in [1.29, 1.82) is 0 Å². The predicted octanol–water partition coefficient (Wildman–Crippen LogP) is 3.98. The standard InChI is InChI=1S/C13H15BrFN3/c1-3-18-8-11(7-16-18)17-9(2)12-5-4-10(14)6-13(12)15/h4-9,17H,3H2,1-2H3. The van der Waals surface area contributed by atoms with Gasteiger partial charge in [-0.15, -0.1) is 0 Å². The second-order valence-electron chi connectivity index (χ2n) is 4.12. The second kappa shape index (κ2) is 5.52. The molecule has 2 aromatic rings. The number of halogens is 2. The maximum atomic E-state index is 13.8. The molecule has 0 aliphatic heterocycles. The van der Waals surface area contributed by atoms with Crippen LogP contribution in [-0.4, -0.2) is 9.78 Å². The number of nitrogens with one attached hydrogen (secondary N) is 1. The van der Waals surface area contributed by atoms with Crippen molar-refractivity contribution in [1.82, 2.24) is 9.78 Å². The van der Waals surface area contributed by atoms with Gasteiger partial charge in [-0.2, -0.15) is 5.10 Å². The summed E-state index contributed by atoms with van der Waals surface area (Å²) in [6.45, 7) is 4.77. The highest BCUT2D eigenvalue weighted by molar-refractivity contribution is 9.10. The van der Waals surface area contributed by atoms with Gasteiger partial charge in [0, 0.05) is 22.8 Å². The summed E-state index contributed by atoms with van der Waals surface area (Å²) in [6.07, 6.45) is 3.66. The lowest BCUT2D eigenvalue weighted by Crippen LogP contribution is -2.08. The number of rotatable bonds is 4. The molecule has 1 atom stereocenters. The Hall–Kier alpha value is -1.36. The highest BCUT2D eigenvalue weighted by Gasteiger charge is 2.11. The van der Waals surface area contributed by atoms with Gasteiger partial charge in [0.25, 0.3) is 0 Å². The van der Waals surface area contributed by atoms with Crippen molar-refractivity contribution in [3.05, 3.63) is 46.4 Å². The molecule has 96 valence electrons. The van der Waals surface area contributed by atoms with E-state index in [1.54, 1.807) is 12.3 Å². The molecule has 0 saturated carbocycles. The molecule has 1 aromatic carbocycles. The fourth-order valence-corrected chi connectivity index (χ4v) is 2.12. The summed E-state index contributed by atoms with van der Waals surface area (Å²) in [4.78, 5) is 0. The zero-order valence-corrected chi connectivity index (χ0v) is 11.9. The van der Waals surface area contributed by atoms with E-state index in [2.05, 4.69) is 26.3 Å². The van der Waals surface area contributed by atoms with Gasteiger partial charge in [-0.1, -0.05) is 22.0 Å². The summed E-state index contributed by atoms with van der Waals surface area (Å²) in [6, 6.07) is 4.99. The topological polar surface area (TPSA) is 29.9 Å². The van der Waals surface area contributed by atoms with Gasteiger partial charge in [0.2, 0.25) is 0 Å². The minimum atomic E-state index is -0.216. The summed E-state index contributed by atoms with van der Waals surface area (Å²) in [5.41, 5.74) is 1.54. The zero-order chi connectivity index (χ0) is 13.1. The fourth-order valence-electron chi connectivity index (χ4n) is 1.79. The fraction of sp³-hybridized carbons (Fsp3) is 0.308. The van der Waals surface area contributed by atoms with Crippen molar-refractivity contribution in [3.63, 3.8) is 0 Å². The number of nitrogens with zero attached hydrogens (tertiary/aromatic N) is 2. The maximum absolute atomic E-state index is 13.8. The molecular formula is C13H15BrFN3. The van der Waals surface area contributed by atoms with E-state index in [1.807, 2.05) is 30.8 Å². The lowest BCUT2D eigenvalue weighted by atomic mass is 10.1. The minimum Gasteiger partial charge on any atom is -0.376 e. The van der Waals surface area contributed by atoms with Gasteiger partial charge in [0.1, 0.15) is 5.82 Å². The number of benzene rings is 1. The Morgan fingerprint density at radius 2 is 2.28 bits per heavy atom. The smallest absolute Gasteiger partial charge is 0.129 e. The monoisotopic (exact) mass is 311 g/mol. The summed E-state index contributed by atoms with van der Waals surface area (Å²) < 4.78 is 16.4. The third kappa shape index (κ3) is 2.90. The molecule has 0 fully saturated rings. The van der Waals surface area contributed by atoms with Crippen LogP contribution in [0.25, 0.3) is 0 Å². The molecule has 0 saturated heterocycles. The largest absolute Gasteiger partial charge is 0.376 e. The average molecular weight is 312 g/mol. The van der Waals surface area contributed by atoms with Crippen molar-refractivity contribution >= 4 is 21.6 Å². The molecule has 2 rings (SSSR count). The van der Waals surface area contributed by atoms with Crippen LogP contribution < -0.4 is 5.32 Å². The molecule has 0 aliphatic rings. The zero-order valence-electron chi connectivity index (χ0n) is 10.3. The van der Waals surface area contributed by atoms with E-state index in [-0.39, 0.29) is 11.9 Å². The van der Waals surface area contributed by atoms with Crippen LogP contribution in [0.4, 0.5) is 10.1 Å². The Balaban J connectivity index is 2.13. The molecule has 0 amide bonds. The lowest BCUT2D eigenvalue weighted by Gasteiger charge is -2.15. The normalized spacial score (nSPS) is 12.4. The van der Waals surface area contributed by atoms with Crippen LogP contribution in [0.15, 0.2) is 35.1 Å². The summed E-state index contributed by atoms with van der Waals surface area (Å²) in [5, 5.41) is 7.41. The van der Waals surface area contributed by atoms with E-state index in [0.717, 1.165) is 16.7 Å². The second-order valence-corrected chi connectivity index (χ2v) is 5.03. The third-order valence-electron chi connectivity index (χ3n) is 2.77. The van der Waals surface area contributed by atoms with E-state index in [9.17, 15) is 4.39 Å². The highest BCUT2D eigenvalue weighted by atomic mass is 79.9. The highest BCUT2D eigenvalue weighted by Crippen LogP contribution is 2.23. The van der Waals surface area contributed by atoms with Crippen LogP contribution in [0.5, 0.6) is 0 Å². The molecule has 1 unspecified atom stereocenters. The number of aromatic nitrogens is 2. The molecule has 3 nitrogen and oxygen atoms in total. The molecule has 0 radical (unpaired) electrons. The van der Waals surface area contributed by atoms with E-state index < -0.39 is 0 Å². The molecule has 0 aliphatic carbocycles. The van der Waals surface area contributed by atoms with E-state index in [0.29, 0.717) is 5.56 Å². The quantitative estimate of drug-likeness (QED) is 0.925. The van der Waals surface area contributed by atoms with E-state index in [1.165, 1.54) is 6.07 Å². The number of aryl methyl sites for hydroxylation is 1. The van der Waals surface area contributed by atoms with Gasteiger partial charge in [-0.25, -0.2) is 4.39 Å². The van der Waals surface area contributed by atoms with Crippen LogP contribution >= 0.6 is 15.9 Å². The van der Waals surface area contributed by atoms with Gasteiger partial charge in [0.15, 0.2) is 0 Å². The summed E-state index contributed by atoms with van der Waals surface area (Å²) in [7, 11) is 0. The summed E-state index contributed by atoms with van der Waals surface area (Å²) in [5.74, 6) is -0.216. The number of hydrogen-bond acceptors (Lipinski definition) is 2. The molecule has 5 heteroatoms. The Morgan fingerprint density at radius 1 is 1.50 bits per heavy atom. The van der Waals surface area contributed by atoms with Crippen molar-refractivity contribution in [3.8, 4) is 0 Å². The molecule has 1 heterocycles. The SMILES string of the molecule is CCn1cc(NC(C)c2ccc(Br)cc2F)cn1. The predicted molar refractivity (Wildman–Crippen MR) is 74.0 cm³/mol. The number of hydrogen-bond donors (Lipinski definition) is 1. The van der Waals surface area contributed by atoms with Gasteiger partial charge in [-0.05, 0) is 26.0 Å².